The van der Waals surface area contributed by atoms with E-state index < -0.39 is 15.3 Å². The van der Waals surface area contributed by atoms with Crippen molar-refractivity contribution in [1.82, 2.24) is 18.3 Å². The van der Waals surface area contributed by atoms with Gasteiger partial charge >= 0.3 is 11.4 Å². The number of nitro groups is 2. The number of nitrogens with two attached hydrogens (primary N) is 1. The van der Waals surface area contributed by atoms with Crippen LogP contribution in [0.3, 0.4) is 0 Å². The first-order chi connectivity index (χ1) is 32.5. The van der Waals surface area contributed by atoms with Crippen molar-refractivity contribution in [2.24, 2.45) is 15.6 Å². The van der Waals surface area contributed by atoms with Crippen molar-refractivity contribution in [1.29, 1.82) is 0 Å². The molecule has 0 bridgehead atoms. The van der Waals surface area contributed by atoms with E-state index in [4.69, 9.17) is 5.73 Å². The molecule has 4 aromatic carbocycles. The van der Waals surface area contributed by atoms with Gasteiger partial charge in [-0.2, -0.15) is 0 Å². The number of nitrogens with zero attached hydrogens (tertiary/aromatic N) is 8. The van der Waals surface area contributed by atoms with Crippen molar-refractivity contribution in [3.63, 3.8) is 0 Å². The Morgan fingerprint density at radius 1 is 0.580 bits per heavy atom. The van der Waals surface area contributed by atoms with Crippen LogP contribution in [0.1, 0.15) is 151 Å². The van der Waals surface area contributed by atoms with Crippen LogP contribution >= 0.6 is 0 Å². The second-order valence-corrected chi connectivity index (χ2v) is 20.5. The van der Waals surface area contributed by atoms with Crippen LogP contribution in [0.25, 0.3) is 22.1 Å². The van der Waals surface area contributed by atoms with E-state index in [1.54, 1.807) is 30.4 Å². The largest absolute Gasteiger partial charge is 0.505 e. The minimum absolute atomic E-state index is 0.0211. The zero-order valence-electron chi connectivity index (χ0n) is 42.6. The number of aromatic hydroxyl groups is 1. The van der Waals surface area contributed by atoms with Crippen LogP contribution < -0.4 is 17.1 Å². The van der Waals surface area contributed by atoms with Gasteiger partial charge < -0.3 is 10.8 Å². The second kappa shape index (κ2) is 22.2. The van der Waals surface area contributed by atoms with Gasteiger partial charge in [0.25, 0.3) is 11.4 Å². The normalized spacial score (nSPS) is 12.3. The molecule has 0 atom stereocenters. The van der Waals surface area contributed by atoms with Crippen LogP contribution in [-0.2, 0) is 37.0 Å². The van der Waals surface area contributed by atoms with Crippen molar-refractivity contribution in [3.8, 4) is 5.75 Å². The van der Waals surface area contributed by atoms with Crippen LogP contribution in [0.2, 0.25) is 0 Å². The molecule has 0 aliphatic rings. The molecule has 0 unspecified atom stereocenters. The average Bonchev–Trinajstić information content (AvgIpc) is 3.69. The third kappa shape index (κ3) is 12.0. The third-order valence-electron chi connectivity index (χ3n) is 12.9. The summed E-state index contributed by atoms with van der Waals surface area (Å²) in [5.74, 6) is -0.0211. The van der Waals surface area contributed by atoms with Crippen LogP contribution in [0.5, 0.6) is 5.75 Å². The number of rotatable bonds is 20. The highest BCUT2D eigenvalue weighted by Crippen LogP contribution is 2.47. The van der Waals surface area contributed by atoms with Gasteiger partial charge in [-0.25, -0.2) is 9.59 Å². The van der Waals surface area contributed by atoms with Crippen molar-refractivity contribution < 1.29 is 15.0 Å². The van der Waals surface area contributed by atoms with Crippen molar-refractivity contribution in [2.45, 2.75) is 171 Å². The molecule has 0 fully saturated rings. The Hall–Kier alpha value is -6.58. The molecule has 6 rings (SSSR count). The summed E-state index contributed by atoms with van der Waals surface area (Å²) in [6.07, 6.45) is 7.89. The molecule has 2 aromatic heterocycles. The lowest BCUT2D eigenvalue weighted by Crippen LogP contribution is -2.26. The molecule has 2 heterocycles. The van der Waals surface area contributed by atoms with Crippen LogP contribution in [-0.4, -0.2) is 33.2 Å². The number of phenolic OH excluding ortho intramolecular Hbond substituents is 1. The summed E-state index contributed by atoms with van der Waals surface area (Å²) in [6, 6.07) is 19.9. The summed E-state index contributed by atoms with van der Waals surface area (Å²) in [6.45, 7) is 25.5. The van der Waals surface area contributed by atoms with E-state index in [1.165, 1.54) is 12.1 Å². The Balaban J connectivity index is 0.000000336. The summed E-state index contributed by atoms with van der Waals surface area (Å²) in [5, 5.41) is 44.1. The number of hydrogen-bond donors (Lipinski definition) is 2. The maximum atomic E-state index is 13.5. The molecule has 0 saturated carbocycles. The molecule has 16 heteroatoms. The van der Waals surface area contributed by atoms with E-state index in [9.17, 15) is 34.9 Å². The fourth-order valence-electron chi connectivity index (χ4n) is 9.33. The van der Waals surface area contributed by atoms with Crippen molar-refractivity contribution in [3.05, 3.63) is 125 Å². The quantitative estimate of drug-likeness (QED) is 0.0324. The number of benzene rings is 4. The predicted molar refractivity (Wildman–Crippen MR) is 278 cm³/mol. The number of phenols is 1. The molecular formula is C53H73N9O7. The fourth-order valence-corrected chi connectivity index (χ4v) is 9.33. The number of unbranched alkanes of at least 4 members (excludes halogenated alkanes) is 4. The van der Waals surface area contributed by atoms with Crippen LogP contribution in [0, 0.1) is 25.6 Å². The van der Waals surface area contributed by atoms with Gasteiger partial charge in [0.2, 0.25) is 0 Å². The first-order valence-corrected chi connectivity index (χ1v) is 24.5. The summed E-state index contributed by atoms with van der Waals surface area (Å²) in [7, 11) is 0. The van der Waals surface area contributed by atoms with Crippen molar-refractivity contribution >= 4 is 50.5 Å². The number of nitrogen functional groups attached to an aromatic ring is 1. The zero-order chi connectivity index (χ0) is 51.0. The van der Waals surface area contributed by atoms with Gasteiger partial charge in [-0.05, 0) is 72.3 Å². The molecule has 0 aliphatic carbocycles. The molecule has 69 heavy (non-hydrogen) atoms. The van der Waals surface area contributed by atoms with Gasteiger partial charge in [0.05, 0.1) is 31.9 Å². The van der Waals surface area contributed by atoms with E-state index >= 15 is 0 Å². The highest BCUT2D eigenvalue weighted by molar-refractivity contribution is 5.86. The summed E-state index contributed by atoms with van der Waals surface area (Å²) < 4.78 is 6.62. The Labute approximate surface area is 405 Å². The Morgan fingerprint density at radius 3 is 1.43 bits per heavy atom. The van der Waals surface area contributed by atoms with Gasteiger partial charge in [-0.15, -0.1) is 10.2 Å². The third-order valence-corrected chi connectivity index (χ3v) is 12.9. The van der Waals surface area contributed by atoms with E-state index in [-0.39, 0.29) is 56.4 Å². The van der Waals surface area contributed by atoms with Gasteiger partial charge in [0.1, 0.15) is 17.1 Å². The molecule has 0 amide bonds. The second-order valence-electron chi connectivity index (χ2n) is 20.5. The molecule has 0 radical (unpaired) electrons. The number of nitro benzene ring substituents is 2. The van der Waals surface area contributed by atoms with E-state index in [0.717, 1.165) is 68.9 Å². The van der Waals surface area contributed by atoms with Gasteiger partial charge in [-0.1, -0.05) is 138 Å². The number of hydrogen-bond acceptors (Lipinski definition) is 10. The van der Waals surface area contributed by atoms with E-state index in [1.807, 2.05) is 50.2 Å². The number of imidazole rings is 2. The lowest BCUT2D eigenvalue weighted by Gasteiger charge is -2.35. The molecule has 0 aliphatic heterocycles. The zero-order valence-corrected chi connectivity index (χ0v) is 42.6. The minimum Gasteiger partial charge on any atom is -0.505 e. The Morgan fingerprint density at radius 2 is 1.00 bits per heavy atom. The van der Waals surface area contributed by atoms with E-state index in [0.29, 0.717) is 53.8 Å². The smallest absolute Gasteiger partial charge is 0.329 e. The highest BCUT2D eigenvalue weighted by atomic mass is 16.6. The predicted octanol–water partition coefficient (Wildman–Crippen LogP) is 13.4. The first kappa shape index (κ1) is 53.4. The summed E-state index contributed by atoms with van der Waals surface area (Å²) >= 11 is 0. The van der Waals surface area contributed by atoms with Crippen LogP contribution in [0.4, 0.5) is 28.4 Å². The van der Waals surface area contributed by atoms with E-state index in [2.05, 4.69) is 78.6 Å². The molecule has 0 saturated heterocycles. The molecule has 3 N–H and O–H groups in total. The molecule has 16 nitrogen and oxygen atoms in total. The van der Waals surface area contributed by atoms with Gasteiger partial charge in [0.15, 0.2) is 5.69 Å². The lowest BCUT2D eigenvalue weighted by atomic mass is 9.70. The maximum Gasteiger partial charge on any atom is 0.329 e. The molecule has 0 spiro atoms. The SMILES string of the molecule is CCCCn1c(=O)n(CCCC)c2cc([N+](=O)[O-])c(N)cc21.CCCCn1c(=O)n(CCCC)c2cc([N+](=O)[O-])c(N=Nc3cc(C(C)(C)CC(C)(C)C)cc(C(C)(C)c4ccccc4)c3O)cc21. The number of aromatic nitrogens is 4. The number of azo groups is 1. The summed E-state index contributed by atoms with van der Waals surface area (Å²) in [4.78, 5) is 48.5. The minimum atomic E-state index is -0.578. The average molecular weight is 948 g/mol. The van der Waals surface area contributed by atoms with Crippen molar-refractivity contribution in [2.75, 3.05) is 5.73 Å². The Kier molecular flexibility index (Phi) is 17.2. The summed E-state index contributed by atoms with van der Waals surface area (Å²) in [5.41, 5.74) is 9.74. The molecule has 372 valence electrons. The first-order valence-electron chi connectivity index (χ1n) is 24.5. The Bertz CT molecular complexity index is 2930. The molecular weight excluding hydrogens is 875 g/mol. The monoisotopic (exact) mass is 948 g/mol. The highest BCUT2D eigenvalue weighted by Gasteiger charge is 2.33. The van der Waals surface area contributed by atoms with Crippen LogP contribution in [0.15, 0.2) is 86.5 Å². The number of aryl methyl sites for hydroxylation is 4. The standard InChI is InChI=1S/C38H51N5O4.C15H22N4O3/c1-10-12-19-41-32-23-29(31(43(46)47)24-33(32)42(35(41)45)20-13-11-2)39-40-30-22-27(37(6,7)25-36(3,4)5)21-28(34(30)44)38(8,9)26-17-15-14-16-18-26;1-3-5-7-17-13-9-11(16)12(19(21)22)10-14(13)18(15(17)20)8-6-4-2/h14-18,21-24,44H,10-13,19-20,25H2,1-9H3;9-10H,3-8,16H2,1-2H3. The van der Waals surface area contributed by atoms with Gasteiger partial charge in [0, 0.05) is 49.3 Å². The molecule has 6 aromatic rings. The maximum absolute atomic E-state index is 13.5. The van der Waals surface area contributed by atoms with Gasteiger partial charge in [-0.3, -0.25) is 38.5 Å². The number of anilines is 1. The topological polar surface area (TPSA) is 211 Å². The number of fused-ring (bicyclic) bond motifs is 2. The lowest BCUT2D eigenvalue weighted by molar-refractivity contribution is -0.384. The fraction of sp³-hybridized carbons (Fsp3) is 0.509.